The number of fused-ring (bicyclic) bond motifs is 1. The molecule has 0 aliphatic carbocycles. The van der Waals surface area contributed by atoms with Gasteiger partial charge in [-0.25, -0.2) is 0 Å². The first kappa shape index (κ1) is 13.4. The third kappa shape index (κ3) is 2.65. The molecular formula is C15H16N4O2. The number of nitrogens with zero attached hydrogens (tertiary/aromatic N) is 2. The Morgan fingerprint density at radius 2 is 2.14 bits per heavy atom. The van der Waals surface area contributed by atoms with Crippen molar-refractivity contribution in [3.05, 3.63) is 41.3 Å². The number of aryl methyl sites for hydroxylation is 2. The van der Waals surface area contributed by atoms with E-state index in [-0.39, 0.29) is 5.91 Å². The molecule has 0 aliphatic rings. The van der Waals surface area contributed by atoms with Gasteiger partial charge in [0, 0.05) is 17.4 Å². The first-order valence-corrected chi connectivity index (χ1v) is 6.80. The molecule has 6 nitrogen and oxygen atoms in total. The van der Waals surface area contributed by atoms with Gasteiger partial charge >= 0.3 is 0 Å². The van der Waals surface area contributed by atoms with E-state index in [1.165, 1.54) is 0 Å². The fraction of sp³-hybridized carbons (Fsp3) is 0.267. The Hall–Kier alpha value is -2.63. The van der Waals surface area contributed by atoms with Crippen LogP contribution < -0.4 is 5.32 Å². The summed E-state index contributed by atoms with van der Waals surface area (Å²) in [5.74, 6) is 1.26. The summed E-state index contributed by atoms with van der Waals surface area (Å²) < 4.78 is 5.09. The molecule has 1 aromatic carbocycles. The Morgan fingerprint density at radius 3 is 2.90 bits per heavy atom. The third-order valence-electron chi connectivity index (χ3n) is 3.51. The van der Waals surface area contributed by atoms with E-state index in [1.807, 2.05) is 38.1 Å². The number of anilines is 1. The van der Waals surface area contributed by atoms with Crippen LogP contribution in [0.5, 0.6) is 0 Å². The minimum atomic E-state index is -0.0766. The Labute approximate surface area is 121 Å². The van der Waals surface area contributed by atoms with Gasteiger partial charge in [0.05, 0.1) is 11.2 Å². The van der Waals surface area contributed by atoms with Gasteiger partial charge in [-0.2, -0.15) is 5.10 Å². The lowest BCUT2D eigenvalue weighted by atomic mass is 10.1. The molecule has 0 radical (unpaired) electrons. The van der Waals surface area contributed by atoms with Gasteiger partial charge in [0.2, 0.25) is 5.91 Å². The molecule has 2 aromatic heterocycles. The molecule has 6 heteroatoms. The van der Waals surface area contributed by atoms with Crippen LogP contribution in [0.4, 0.5) is 5.82 Å². The average Bonchev–Trinajstić information content (AvgIpc) is 3.02. The fourth-order valence-electron chi connectivity index (χ4n) is 2.35. The van der Waals surface area contributed by atoms with Crippen molar-refractivity contribution in [1.29, 1.82) is 0 Å². The molecule has 3 rings (SSSR count). The van der Waals surface area contributed by atoms with E-state index >= 15 is 0 Å². The van der Waals surface area contributed by atoms with Gasteiger partial charge in [0.1, 0.15) is 5.76 Å². The van der Waals surface area contributed by atoms with Gasteiger partial charge in [-0.1, -0.05) is 17.3 Å². The number of nitrogens with one attached hydrogen (secondary N) is 2. The zero-order valence-electron chi connectivity index (χ0n) is 11.9. The second-order valence-corrected chi connectivity index (χ2v) is 4.97. The average molecular weight is 284 g/mol. The molecule has 0 atom stereocenters. The maximum absolute atomic E-state index is 12.1. The van der Waals surface area contributed by atoms with Gasteiger partial charge in [-0.05, 0) is 32.4 Å². The predicted molar refractivity (Wildman–Crippen MR) is 79.0 cm³/mol. The van der Waals surface area contributed by atoms with E-state index in [2.05, 4.69) is 20.7 Å². The Kier molecular flexibility index (Phi) is 3.43. The highest BCUT2D eigenvalue weighted by Crippen LogP contribution is 2.20. The van der Waals surface area contributed by atoms with E-state index in [0.29, 0.717) is 18.7 Å². The van der Waals surface area contributed by atoms with Crippen LogP contribution in [0.1, 0.15) is 23.4 Å². The highest BCUT2D eigenvalue weighted by molar-refractivity contribution is 5.99. The Bertz CT molecular complexity index is 768. The van der Waals surface area contributed by atoms with Crippen LogP contribution in [-0.4, -0.2) is 21.3 Å². The van der Waals surface area contributed by atoms with Crippen LogP contribution in [0.2, 0.25) is 0 Å². The van der Waals surface area contributed by atoms with Crippen molar-refractivity contribution in [2.24, 2.45) is 0 Å². The molecule has 0 bridgehead atoms. The van der Waals surface area contributed by atoms with Crippen LogP contribution in [0.25, 0.3) is 10.9 Å². The number of hydrogen-bond donors (Lipinski definition) is 2. The summed E-state index contributed by atoms with van der Waals surface area (Å²) in [6, 6.07) is 7.67. The maximum Gasteiger partial charge on any atom is 0.225 e. The molecule has 3 aromatic rings. The zero-order chi connectivity index (χ0) is 14.8. The largest absolute Gasteiger partial charge is 0.361 e. The molecule has 0 aliphatic heterocycles. The number of benzene rings is 1. The van der Waals surface area contributed by atoms with Crippen LogP contribution in [-0.2, 0) is 11.2 Å². The Morgan fingerprint density at radius 1 is 1.33 bits per heavy atom. The van der Waals surface area contributed by atoms with E-state index in [9.17, 15) is 4.79 Å². The topological polar surface area (TPSA) is 83.8 Å². The number of hydrogen-bond acceptors (Lipinski definition) is 4. The van der Waals surface area contributed by atoms with Crippen LogP contribution in [0, 0.1) is 13.8 Å². The normalized spacial score (nSPS) is 11.0. The maximum atomic E-state index is 12.1. The van der Waals surface area contributed by atoms with E-state index in [0.717, 1.165) is 27.9 Å². The van der Waals surface area contributed by atoms with Crippen molar-refractivity contribution in [3.8, 4) is 0 Å². The first-order chi connectivity index (χ1) is 10.1. The molecule has 2 N–H and O–H groups in total. The number of para-hydroxylation sites is 1. The second kappa shape index (κ2) is 5.40. The molecule has 0 unspecified atom stereocenters. The van der Waals surface area contributed by atoms with Crippen molar-refractivity contribution in [2.75, 3.05) is 5.32 Å². The number of aromatic nitrogens is 3. The summed E-state index contributed by atoms with van der Waals surface area (Å²) in [4.78, 5) is 12.1. The number of amides is 1. The van der Waals surface area contributed by atoms with E-state index < -0.39 is 0 Å². The summed E-state index contributed by atoms with van der Waals surface area (Å²) in [5.41, 5.74) is 2.74. The number of aromatic amines is 1. The van der Waals surface area contributed by atoms with Gasteiger partial charge in [-0.15, -0.1) is 0 Å². The second-order valence-electron chi connectivity index (χ2n) is 4.97. The minimum absolute atomic E-state index is 0.0766. The molecule has 2 heterocycles. The summed E-state index contributed by atoms with van der Waals surface area (Å²) >= 11 is 0. The molecule has 21 heavy (non-hydrogen) atoms. The molecule has 0 spiro atoms. The standard InChI is InChI=1S/C15H16N4O2/c1-9-11(10(2)21-19-9)7-8-14(20)16-15-12-5-3-4-6-13(12)17-18-15/h3-6H,7-8H2,1-2H3,(H2,16,17,18,20). The highest BCUT2D eigenvalue weighted by Gasteiger charge is 2.13. The van der Waals surface area contributed by atoms with Crippen LogP contribution in [0.3, 0.4) is 0 Å². The number of carbonyl (C=O) groups excluding carboxylic acids is 1. The van der Waals surface area contributed by atoms with Crippen LogP contribution >= 0.6 is 0 Å². The third-order valence-corrected chi connectivity index (χ3v) is 3.51. The molecule has 108 valence electrons. The van der Waals surface area contributed by atoms with Gasteiger partial charge in [-0.3, -0.25) is 9.89 Å². The number of rotatable bonds is 4. The van der Waals surface area contributed by atoms with Crippen molar-refractivity contribution in [2.45, 2.75) is 26.7 Å². The van der Waals surface area contributed by atoms with E-state index in [4.69, 9.17) is 4.52 Å². The monoisotopic (exact) mass is 284 g/mol. The van der Waals surface area contributed by atoms with Gasteiger partial charge in [0.15, 0.2) is 5.82 Å². The SMILES string of the molecule is Cc1noc(C)c1CCC(=O)Nc1n[nH]c2ccccc12. The van der Waals surface area contributed by atoms with Crippen molar-refractivity contribution in [3.63, 3.8) is 0 Å². The highest BCUT2D eigenvalue weighted by atomic mass is 16.5. The lowest BCUT2D eigenvalue weighted by Crippen LogP contribution is -2.13. The summed E-state index contributed by atoms with van der Waals surface area (Å²) in [6.07, 6.45) is 0.972. The van der Waals surface area contributed by atoms with Crippen molar-refractivity contribution in [1.82, 2.24) is 15.4 Å². The molecule has 0 fully saturated rings. The molecule has 0 saturated carbocycles. The van der Waals surface area contributed by atoms with Gasteiger partial charge < -0.3 is 9.84 Å². The lowest BCUT2D eigenvalue weighted by molar-refractivity contribution is -0.116. The molecular weight excluding hydrogens is 268 g/mol. The molecule has 0 saturated heterocycles. The smallest absolute Gasteiger partial charge is 0.225 e. The number of carbonyl (C=O) groups is 1. The molecule has 1 amide bonds. The number of H-pyrrole nitrogens is 1. The van der Waals surface area contributed by atoms with Crippen molar-refractivity contribution < 1.29 is 9.32 Å². The first-order valence-electron chi connectivity index (χ1n) is 6.80. The predicted octanol–water partition coefficient (Wildman–Crippen LogP) is 2.74. The quantitative estimate of drug-likeness (QED) is 0.771. The summed E-state index contributed by atoms with van der Waals surface area (Å²) in [7, 11) is 0. The fourth-order valence-corrected chi connectivity index (χ4v) is 2.35. The van der Waals surface area contributed by atoms with Crippen molar-refractivity contribution >= 4 is 22.6 Å². The lowest BCUT2D eigenvalue weighted by Gasteiger charge is -2.02. The summed E-state index contributed by atoms with van der Waals surface area (Å²) in [6.45, 7) is 3.74. The van der Waals surface area contributed by atoms with Crippen LogP contribution in [0.15, 0.2) is 28.8 Å². The van der Waals surface area contributed by atoms with Gasteiger partial charge in [0.25, 0.3) is 0 Å². The van der Waals surface area contributed by atoms with E-state index in [1.54, 1.807) is 0 Å². The summed E-state index contributed by atoms with van der Waals surface area (Å²) in [5, 5.41) is 14.6. The Balaban J connectivity index is 1.67. The zero-order valence-corrected chi connectivity index (χ0v) is 11.9. The minimum Gasteiger partial charge on any atom is -0.361 e.